The molecule has 0 spiro atoms. The highest BCUT2D eigenvalue weighted by atomic mass is 35.5. The predicted molar refractivity (Wildman–Crippen MR) is 110 cm³/mol. The Morgan fingerprint density at radius 3 is 2.56 bits per heavy atom. The third-order valence-electron chi connectivity index (χ3n) is 4.97. The molecule has 0 saturated carbocycles. The van der Waals surface area contributed by atoms with Crippen molar-refractivity contribution in [1.82, 2.24) is 0 Å². The van der Waals surface area contributed by atoms with Crippen LogP contribution >= 0.6 is 23.2 Å². The molecule has 5 heteroatoms. The van der Waals surface area contributed by atoms with Crippen molar-refractivity contribution >= 4 is 34.6 Å². The van der Waals surface area contributed by atoms with Gasteiger partial charge < -0.3 is 9.84 Å². The number of Topliss-reactive ketones (excluding diaryl/α,β-unsaturated/α-hetero) is 1. The molecule has 0 amide bonds. The molecule has 0 aliphatic heterocycles. The van der Waals surface area contributed by atoms with Crippen molar-refractivity contribution in [1.29, 1.82) is 0 Å². The number of allylic oxidation sites excluding steroid dienone is 2. The van der Waals surface area contributed by atoms with Gasteiger partial charge in [0.05, 0.1) is 10.6 Å². The molecule has 0 atom stereocenters. The maximum absolute atomic E-state index is 13.0. The van der Waals surface area contributed by atoms with Gasteiger partial charge in [-0.25, -0.2) is 0 Å². The van der Waals surface area contributed by atoms with Gasteiger partial charge in [-0.05, 0) is 54.3 Å². The average molecular weight is 405 g/mol. The Hall–Kier alpha value is -1.97. The van der Waals surface area contributed by atoms with Crippen LogP contribution in [0.2, 0.25) is 10.0 Å². The maximum Gasteiger partial charge on any atom is 0.172 e. The number of rotatable bonds is 4. The van der Waals surface area contributed by atoms with E-state index in [4.69, 9.17) is 27.9 Å². The summed E-state index contributed by atoms with van der Waals surface area (Å²) in [6.45, 7) is 5.86. The fourth-order valence-corrected chi connectivity index (χ4v) is 3.71. The van der Waals surface area contributed by atoms with Gasteiger partial charge in [0.1, 0.15) is 17.3 Å². The van der Waals surface area contributed by atoms with E-state index in [2.05, 4.69) is 0 Å². The summed E-state index contributed by atoms with van der Waals surface area (Å²) in [5, 5.41) is 11.4. The van der Waals surface area contributed by atoms with Gasteiger partial charge in [-0.15, -0.1) is 0 Å². The van der Waals surface area contributed by atoms with Crippen LogP contribution in [0.25, 0.3) is 5.57 Å². The van der Waals surface area contributed by atoms with Gasteiger partial charge in [0.25, 0.3) is 0 Å². The number of halogens is 2. The van der Waals surface area contributed by atoms with Gasteiger partial charge >= 0.3 is 0 Å². The Bertz CT molecular complexity index is 929. The molecule has 0 saturated heterocycles. The molecule has 27 heavy (non-hydrogen) atoms. The van der Waals surface area contributed by atoms with E-state index < -0.39 is 5.41 Å². The number of carbonyl (C=O) groups excluding carboxylic acids is 1. The molecule has 2 aromatic rings. The largest absolute Gasteiger partial charge is 0.512 e. The van der Waals surface area contributed by atoms with Crippen molar-refractivity contribution in [2.45, 2.75) is 40.0 Å². The lowest BCUT2D eigenvalue weighted by molar-refractivity contribution is -0.122. The molecular formula is C22H22Cl2O3. The summed E-state index contributed by atoms with van der Waals surface area (Å²) in [7, 11) is 0. The summed E-state index contributed by atoms with van der Waals surface area (Å²) in [6, 6.07) is 10.6. The lowest BCUT2D eigenvalue weighted by atomic mass is 9.73. The molecular weight excluding hydrogens is 383 g/mol. The number of benzene rings is 2. The van der Waals surface area contributed by atoms with Crippen LogP contribution in [0.15, 0.2) is 42.2 Å². The van der Waals surface area contributed by atoms with E-state index in [0.29, 0.717) is 40.0 Å². The van der Waals surface area contributed by atoms with Crippen molar-refractivity contribution < 1.29 is 14.6 Å². The van der Waals surface area contributed by atoms with E-state index in [1.165, 1.54) is 0 Å². The minimum Gasteiger partial charge on any atom is -0.512 e. The molecule has 1 aliphatic carbocycles. The molecule has 0 unspecified atom stereocenters. The minimum atomic E-state index is -0.497. The maximum atomic E-state index is 13.0. The highest BCUT2D eigenvalue weighted by molar-refractivity contribution is 6.35. The summed E-state index contributed by atoms with van der Waals surface area (Å²) in [5.41, 5.74) is 1.60. The second-order valence-corrected chi connectivity index (χ2v) is 8.23. The summed E-state index contributed by atoms with van der Waals surface area (Å²) in [6.07, 6.45) is 1.87. The smallest absolute Gasteiger partial charge is 0.172 e. The van der Waals surface area contributed by atoms with E-state index in [9.17, 15) is 9.90 Å². The fourth-order valence-electron chi connectivity index (χ4n) is 3.26. The van der Waals surface area contributed by atoms with Crippen LogP contribution in [0.5, 0.6) is 11.5 Å². The normalized spacial score (nSPS) is 16.6. The van der Waals surface area contributed by atoms with E-state index in [1.54, 1.807) is 24.3 Å². The van der Waals surface area contributed by atoms with Crippen LogP contribution in [-0.2, 0) is 11.2 Å². The Labute approximate surface area is 169 Å². The second-order valence-electron chi connectivity index (χ2n) is 7.38. The van der Waals surface area contributed by atoms with Gasteiger partial charge in [-0.2, -0.15) is 0 Å². The molecule has 0 radical (unpaired) electrons. The molecule has 142 valence electrons. The van der Waals surface area contributed by atoms with E-state index in [-0.39, 0.29) is 11.5 Å². The number of hydrogen-bond acceptors (Lipinski definition) is 3. The fraction of sp³-hybridized carbons (Fsp3) is 0.318. The zero-order valence-electron chi connectivity index (χ0n) is 15.6. The Morgan fingerprint density at radius 2 is 1.89 bits per heavy atom. The van der Waals surface area contributed by atoms with Crippen LogP contribution in [0.1, 0.15) is 44.7 Å². The number of aliphatic hydroxyl groups excluding tert-OH is 1. The first-order chi connectivity index (χ1) is 12.7. The summed E-state index contributed by atoms with van der Waals surface area (Å²) < 4.78 is 5.91. The highest BCUT2D eigenvalue weighted by Gasteiger charge is 2.37. The highest BCUT2D eigenvalue weighted by Crippen LogP contribution is 2.41. The lowest BCUT2D eigenvalue weighted by Gasteiger charge is -2.30. The van der Waals surface area contributed by atoms with Gasteiger partial charge in [-0.3, -0.25) is 4.79 Å². The third kappa shape index (κ3) is 3.99. The molecule has 1 N–H and O–H groups in total. The minimum absolute atomic E-state index is 0.0392. The zero-order chi connectivity index (χ0) is 19.8. The zero-order valence-corrected chi connectivity index (χ0v) is 17.1. The number of ketones is 1. The van der Waals surface area contributed by atoms with Gasteiger partial charge in [-0.1, -0.05) is 50.0 Å². The standard InChI is InChI=1S/C22H22Cl2O3/c1-4-13-5-7-15(27-19-8-6-14(23)11-17(19)24)12-16(13)20-18(25)9-10-22(2,3)21(20)26/h5-8,11-12,25H,4,9-10H2,1-3H3. The topological polar surface area (TPSA) is 46.5 Å². The monoisotopic (exact) mass is 404 g/mol. The summed E-state index contributed by atoms with van der Waals surface area (Å²) >= 11 is 12.1. The molecule has 0 fully saturated rings. The first-order valence-electron chi connectivity index (χ1n) is 8.96. The molecule has 2 aromatic carbocycles. The number of hydrogen-bond donors (Lipinski definition) is 1. The SMILES string of the molecule is CCc1ccc(Oc2ccc(Cl)cc2Cl)cc1C1=C(O)CCC(C)(C)C1=O. The molecule has 0 aromatic heterocycles. The molecule has 1 aliphatic rings. The van der Waals surface area contributed by atoms with Gasteiger partial charge in [0, 0.05) is 16.9 Å². The molecule has 0 bridgehead atoms. The Morgan fingerprint density at radius 1 is 1.15 bits per heavy atom. The predicted octanol–water partition coefficient (Wildman–Crippen LogP) is 7.01. The van der Waals surface area contributed by atoms with Crippen LogP contribution in [0, 0.1) is 5.41 Å². The van der Waals surface area contributed by atoms with Crippen molar-refractivity contribution in [3.8, 4) is 11.5 Å². The number of carbonyl (C=O) groups is 1. The number of ether oxygens (including phenoxy) is 1. The van der Waals surface area contributed by atoms with Crippen LogP contribution in [0.4, 0.5) is 0 Å². The van der Waals surface area contributed by atoms with Crippen molar-refractivity contribution in [3.63, 3.8) is 0 Å². The third-order valence-corrected chi connectivity index (χ3v) is 5.50. The van der Waals surface area contributed by atoms with Crippen molar-refractivity contribution in [3.05, 3.63) is 63.3 Å². The van der Waals surface area contributed by atoms with Crippen molar-refractivity contribution in [2.75, 3.05) is 0 Å². The Balaban J connectivity index is 2.05. The van der Waals surface area contributed by atoms with Gasteiger partial charge in [0.2, 0.25) is 0 Å². The quantitative estimate of drug-likeness (QED) is 0.595. The van der Waals surface area contributed by atoms with Crippen molar-refractivity contribution in [2.24, 2.45) is 5.41 Å². The molecule has 0 heterocycles. The van der Waals surface area contributed by atoms with E-state index in [1.807, 2.05) is 32.9 Å². The van der Waals surface area contributed by atoms with Crippen LogP contribution < -0.4 is 4.74 Å². The first-order valence-corrected chi connectivity index (χ1v) is 9.71. The second kappa shape index (κ2) is 7.57. The van der Waals surface area contributed by atoms with Crippen LogP contribution in [0.3, 0.4) is 0 Å². The number of aliphatic hydroxyl groups is 1. The average Bonchev–Trinajstić information content (AvgIpc) is 2.62. The van der Waals surface area contributed by atoms with E-state index >= 15 is 0 Å². The molecule has 3 nitrogen and oxygen atoms in total. The number of aryl methyl sites for hydroxylation is 1. The Kier molecular flexibility index (Phi) is 5.55. The summed E-state index contributed by atoms with van der Waals surface area (Å²) in [4.78, 5) is 13.0. The summed E-state index contributed by atoms with van der Waals surface area (Å²) in [5.74, 6) is 1.13. The first kappa shape index (κ1) is 19.8. The lowest BCUT2D eigenvalue weighted by Crippen LogP contribution is -2.30. The van der Waals surface area contributed by atoms with Gasteiger partial charge in [0.15, 0.2) is 5.78 Å². The van der Waals surface area contributed by atoms with Crippen LogP contribution in [-0.4, -0.2) is 10.9 Å². The molecule has 3 rings (SSSR count). The van der Waals surface area contributed by atoms with E-state index in [0.717, 1.165) is 17.5 Å².